The highest BCUT2D eigenvalue weighted by molar-refractivity contribution is 6.31. The van der Waals surface area contributed by atoms with Gasteiger partial charge in [-0.05, 0) is 44.0 Å². The van der Waals surface area contributed by atoms with Crippen molar-refractivity contribution in [3.8, 4) is 11.6 Å². The number of hydrogen-bond donors (Lipinski definition) is 1. The normalized spacial score (nSPS) is 10.5. The Balaban J connectivity index is 2.33. The molecule has 0 amide bonds. The van der Waals surface area contributed by atoms with Crippen molar-refractivity contribution in [2.45, 2.75) is 33.6 Å². The summed E-state index contributed by atoms with van der Waals surface area (Å²) in [5.41, 5.74) is 1.99. The molecule has 2 rings (SSSR count). The van der Waals surface area contributed by atoms with Gasteiger partial charge in [0, 0.05) is 11.6 Å². The Kier molecular flexibility index (Phi) is 5.39. The summed E-state index contributed by atoms with van der Waals surface area (Å²) in [6.07, 6.45) is 3.39. The van der Waals surface area contributed by atoms with Crippen LogP contribution in [0.2, 0.25) is 5.02 Å². The summed E-state index contributed by atoms with van der Waals surface area (Å²) >= 11 is 6.04. The molecule has 0 saturated carbocycles. The fourth-order valence-corrected chi connectivity index (χ4v) is 2.19. The SMILES string of the molecule is CCCc1c(NCC)ncnc1Oc1ccc(Cl)c(C)c1. The van der Waals surface area contributed by atoms with Gasteiger partial charge in [-0.1, -0.05) is 24.9 Å². The van der Waals surface area contributed by atoms with E-state index in [1.165, 1.54) is 6.33 Å². The van der Waals surface area contributed by atoms with E-state index in [4.69, 9.17) is 16.3 Å². The quantitative estimate of drug-likeness (QED) is 0.846. The van der Waals surface area contributed by atoms with E-state index in [0.717, 1.165) is 47.1 Å². The molecule has 1 N–H and O–H groups in total. The van der Waals surface area contributed by atoms with Crippen molar-refractivity contribution >= 4 is 17.4 Å². The minimum Gasteiger partial charge on any atom is -0.439 e. The number of aromatic nitrogens is 2. The third-order valence-corrected chi connectivity index (χ3v) is 3.52. The Hall–Kier alpha value is -1.81. The van der Waals surface area contributed by atoms with Crippen molar-refractivity contribution in [2.75, 3.05) is 11.9 Å². The van der Waals surface area contributed by atoms with Gasteiger partial charge < -0.3 is 10.1 Å². The minimum atomic E-state index is 0.601. The van der Waals surface area contributed by atoms with Gasteiger partial charge in [0.15, 0.2) is 0 Å². The van der Waals surface area contributed by atoms with Crippen LogP contribution >= 0.6 is 11.6 Å². The maximum absolute atomic E-state index is 6.04. The first-order valence-electron chi connectivity index (χ1n) is 7.17. The summed E-state index contributed by atoms with van der Waals surface area (Å²) in [7, 11) is 0. The highest BCUT2D eigenvalue weighted by atomic mass is 35.5. The molecular formula is C16H20ClN3O. The summed E-state index contributed by atoms with van der Waals surface area (Å²) in [5.74, 6) is 2.18. The van der Waals surface area contributed by atoms with E-state index < -0.39 is 0 Å². The van der Waals surface area contributed by atoms with Gasteiger partial charge in [0.05, 0.1) is 5.56 Å². The molecule has 21 heavy (non-hydrogen) atoms. The van der Waals surface area contributed by atoms with E-state index in [0.29, 0.717) is 5.88 Å². The van der Waals surface area contributed by atoms with Crippen molar-refractivity contribution in [1.82, 2.24) is 9.97 Å². The second kappa shape index (κ2) is 7.27. The Morgan fingerprint density at radius 1 is 1.24 bits per heavy atom. The molecule has 5 heteroatoms. The lowest BCUT2D eigenvalue weighted by molar-refractivity contribution is 0.454. The monoisotopic (exact) mass is 305 g/mol. The van der Waals surface area contributed by atoms with Gasteiger partial charge in [-0.25, -0.2) is 9.97 Å². The second-order valence-corrected chi connectivity index (χ2v) is 5.21. The molecule has 0 aliphatic heterocycles. The predicted molar refractivity (Wildman–Crippen MR) is 86.5 cm³/mol. The van der Waals surface area contributed by atoms with Crippen LogP contribution in [0.4, 0.5) is 5.82 Å². The Morgan fingerprint density at radius 3 is 2.71 bits per heavy atom. The molecule has 0 aliphatic carbocycles. The summed E-state index contributed by atoms with van der Waals surface area (Å²) in [4.78, 5) is 8.58. The van der Waals surface area contributed by atoms with Crippen LogP contribution in [0.25, 0.3) is 0 Å². The van der Waals surface area contributed by atoms with Crippen LogP contribution < -0.4 is 10.1 Å². The number of halogens is 1. The fourth-order valence-electron chi connectivity index (χ4n) is 2.07. The lowest BCUT2D eigenvalue weighted by atomic mass is 10.1. The molecule has 1 aromatic heterocycles. The lowest BCUT2D eigenvalue weighted by Crippen LogP contribution is -2.06. The zero-order valence-corrected chi connectivity index (χ0v) is 13.4. The van der Waals surface area contributed by atoms with Gasteiger partial charge in [-0.15, -0.1) is 0 Å². The molecule has 0 bridgehead atoms. The highest BCUT2D eigenvalue weighted by Crippen LogP contribution is 2.30. The van der Waals surface area contributed by atoms with E-state index in [2.05, 4.69) is 22.2 Å². The standard InChI is InChI=1S/C16H20ClN3O/c1-4-6-13-15(18-5-2)19-10-20-16(13)21-12-7-8-14(17)11(3)9-12/h7-10H,4-6H2,1-3H3,(H,18,19,20). The number of benzene rings is 1. The van der Waals surface area contributed by atoms with Crippen molar-refractivity contribution in [1.29, 1.82) is 0 Å². The van der Waals surface area contributed by atoms with E-state index >= 15 is 0 Å². The maximum Gasteiger partial charge on any atom is 0.227 e. The van der Waals surface area contributed by atoms with E-state index in [1.54, 1.807) is 0 Å². The van der Waals surface area contributed by atoms with Gasteiger partial charge in [0.1, 0.15) is 17.9 Å². The highest BCUT2D eigenvalue weighted by Gasteiger charge is 2.12. The average Bonchev–Trinajstić information content (AvgIpc) is 2.46. The van der Waals surface area contributed by atoms with Gasteiger partial charge in [0.2, 0.25) is 5.88 Å². The first-order valence-corrected chi connectivity index (χ1v) is 7.55. The van der Waals surface area contributed by atoms with Gasteiger partial charge in [-0.3, -0.25) is 0 Å². The summed E-state index contributed by atoms with van der Waals surface area (Å²) < 4.78 is 5.94. The molecule has 0 aliphatic rings. The summed E-state index contributed by atoms with van der Waals surface area (Å²) in [6.45, 7) is 6.93. The van der Waals surface area contributed by atoms with Crippen LogP contribution in [0.1, 0.15) is 31.4 Å². The zero-order valence-electron chi connectivity index (χ0n) is 12.6. The summed E-state index contributed by atoms with van der Waals surface area (Å²) in [5, 5.41) is 3.98. The van der Waals surface area contributed by atoms with E-state index in [-0.39, 0.29) is 0 Å². The minimum absolute atomic E-state index is 0.601. The largest absolute Gasteiger partial charge is 0.439 e. The Morgan fingerprint density at radius 2 is 2.05 bits per heavy atom. The third-order valence-electron chi connectivity index (χ3n) is 3.09. The van der Waals surface area contributed by atoms with Crippen LogP contribution in [0.3, 0.4) is 0 Å². The number of rotatable bonds is 6. The molecule has 0 radical (unpaired) electrons. The third kappa shape index (κ3) is 3.85. The molecule has 1 aromatic carbocycles. The number of hydrogen-bond acceptors (Lipinski definition) is 4. The number of nitrogens with one attached hydrogen (secondary N) is 1. The topological polar surface area (TPSA) is 47.0 Å². The lowest BCUT2D eigenvalue weighted by Gasteiger charge is -2.14. The first-order chi connectivity index (χ1) is 10.2. The van der Waals surface area contributed by atoms with Crippen molar-refractivity contribution in [2.24, 2.45) is 0 Å². The molecule has 0 fully saturated rings. The molecule has 0 spiro atoms. The van der Waals surface area contributed by atoms with Crippen LogP contribution in [-0.2, 0) is 6.42 Å². The van der Waals surface area contributed by atoms with E-state index in [1.807, 2.05) is 32.0 Å². The molecule has 4 nitrogen and oxygen atoms in total. The van der Waals surface area contributed by atoms with Crippen molar-refractivity contribution in [3.05, 3.63) is 40.7 Å². The second-order valence-electron chi connectivity index (χ2n) is 4.80. The van der Waals surface area contributed by atoms with Crippen molar-refractivity contribution in [3.63, 3.8) is 0 Å². The number of aryl methyl sites for hydroxylation is 1. The number of anilines is 1. The smallest absolute Gasteiger partial charge is 0.227 e. The number of nitrogens with zero attached hydrogens (tertiary/aromatic N) is 2. The Labute approximate surface area is 130 Å². The van der Waals surface area contributed by atoms with Gasteiger partial charge in [-0.2, -0.15) is 0 Å². The molecule has 0 unspecified atom stereocenters. The van der Waals surface area contributed by atoms with Gasteiger partial charge in [0.25, 0.3) is 0 Å². The Bertz CT molecular complexity index is 616. The predicted octanol–water partition coefficient (Wildman–Crippen LogP) is 4.62. The molecular weight excluding hydrogens is 286 g/mol. The molecule has 0 atom stereocenters. The van der Waals surface area contributed by atoms with Crippen LogP contribution in [0.15, 0.2) is 24.5 Å². The van der Waals surface area contributed by atoms with Crippen LogP contribution in [0, 0.1) is 6.92 Å². The molecule has 0 saturated heterocycles. The fraction of sp³-hybridized carbons (Fsp3) is 0.375. The summed E-state index contributed by atoms with van der Waals surface area (Å²) in [6, 6.07) is 5.59. The zero-order chi connectivity index (χ0) is 15.2. The molecule has 112 valence electrons. The van der Waals surface area contributed by atoms with E-state index in [9.17, 15) is 0 Å². The number of ether oxygens (including phenoxy) is 1. The molecule has 2 aromatic rings. The maximum atomic E-state index is 6.04. The van der Waals surface area contributed by atoms with Crippen molar-refractivity contribution < 1.29 is 4.74 Å². The van der Waals surface area contributed by atoms with Crippen LogP contribution in [-0.4, -0.2) is 16.5 Å². The van der Waals surface area contributed by atoms with Crippen LogP contribution in [0.5, 0.6) is 11.6 Å². The molecule has 1 heterocycles. The van der Waals surface area contributed by atoms with Gasteiger partial charge >= 0.3 is 0 Å². The first kappa shape index (κ1) is 15.6. The average molecular weight is 306 g/mol.